The van der Waals surface area contributed by atoms with Gasteiger partial charge in [0, 0.05) is 6.81 Å². The smallest absolute Gasteiger partial charge is 0.0679 e. The van der Waals surface area contributed by atoms with Crippen molar-refractivity contribution in [1.29, 1.82) is 0 Å². The quantitative estimate of drug-likeness (QED) is 0.675. The Morgan fingerprint density at radius 2 is 1.87 bits per heavy atom. The number of hydrogen-bond acceptors (Lipinski definition) is 1. The van der Waals surface area contributed by atoms with Crippen molar-refractivity contribution in [2.24, 2.45) is 0 Å². The van der Waals surface area contributed by atoms with E-state index in [4.69, 9.17) is 0 Å². The van der Waals surface area contributed by atoms with Crippen LogP contribution in [0, 0.1) is 6.92 Å². The number of fused-ring (bicyclic) bond motifs is 1. The average molecular weight is 208 g/mol. The molecule has 0 spiro atoms. The topological polar surface area (TPSA) is 28.7 Å². The molecule has 0 amide bonds. The highest BCUT2D eigenvalue weighted by atomic mass is 15.1. The second-order valence-electron chi connectivity index (χ2n) is 3.12. The number of nitrogens with one attached hydrogen (secondary N) is 1. The minimum atomic E-state index is 0. The number of aryl methyl sites for hydroxylation is 1. The van der Waals surface area contributed by atoms with Crippen molar-refractivity contribution in [3.05, 3.63) is 30.0 Å². The molecule has 1 aromatic heterocycles. The van der Waals surface area contributed by atoms with Gasteiger partial charge in [-0.05, 0) is 12.5 Å². The maximum Gasteiger partial charge on any atom is 0.0679 e. The summed E-state index contributed by atoms with van der Waals surface area (Å²) in [7, 11) is 0. The minimum Gasteiger partial charge on any atom is -0.278 e. The lowest BCUT2D eigenvalue weighted by molar-refractivity contribution is 1.09. The Balaban J connectivity index is 0. The molecule has 15 heavy (non-hydrogen) atoms. The fourth-order valence-corrected chi connectivity index (χ4v) is 1.12. The first-order valence-corrected chi connectivity index (χ1v) is 5.68. The fourth-order valence-electron chi connectivity index (χ4n) is 1.12. The molecule has 0 saturated carbocycles. The van der Waals surface area contributed by atoms with Crippen molar-refractivity contribution in [3.63, 3.8) is 0 Å². The van der Waals surface area contributed by atoms with E-state index in [1.54, 1.807) is 0 Å². The molecular formula is C13H24N2. The van der Waals surface area contributed by atoms with Gasteiger partial charge in [0.1, 0.15) is 0 Å². The van der Waals surface area contributed by atoms with E-state index >= 15 is 0 Å². The monoisotopic (exact) mass is 208 g/mol. The second kappa shape index (κ2) is 8.04. The number of rotatable bonds is 0. The van der Waals surface area contributed by atoms with Gasteiger partial charge in [0.25, 0.3) is 0 Å². The van der Waals surface area contributed by atoms with Gasteiger partial charge in [-0.2, -0.15) is 5.10 Å². The number of aromatic nitrogens is 2. The molecule has 0 aliphatic heterocycles. The molecule has 1 aromatic carbocycles. The Kier molecular flexibility index (Phi) is 7.33. The summed E-state index contributed by atoms with van der Waals surface area (Å²) in [5.41, 5.74) is 2.39. The standard InChI is InChI=1S/C8H8N2.C3H8.C2H6.H2/c1-6-3-2-4-7-5-9-10-8(6)7;1-3-2;1-2;/h2-5H,1H3,(H,9,10);3H2,1-2H3;1-2H3;1H. The molecule has 2 nitrogen and oxygen atoms in total. The Morgan fingerprint density at radius 3 is 2.40 bits per heavy atom. The van der Waals surface area contributed by atoms with Crippen LogP contribution in [0.1, 0.15) is 41.1 Å². The van der Waals surface area contributed by atoms with Crippen molar-refractivity contribution >= 4 is 10.9 Å². The van der Waals surface area contributed by atoms with Gasteiger partial charge in [-0.3, -0.25) is 5.10 Å². The summed E-state index contributed by atoms with van der Waals surface area (Å²) in [6, 6.07) is 6.15. The highest BCUT2D eigenvalue weighted by Crippen LogP contribution is 2.13. The van der Waals surface area contributed by atoms with E-state index in [9.17, 15) is 0 Å². The summed E-state index contributed by atoms with van der Waals surface area (Å²) in [5.74, 6) is 0. The van der Waals surface area contributed by atoms with Gasteiger partial charge in [0.05, 0.1) is 11.7 Å². The summed E-state index contributed by atoms with van der Waals surface area (Å²) in [5, 5.41) is 8.06. The molecule has 0 aliphatic carbocycles. The number of nitrogens with zero attached hydrogens (tertiary/aromatic N) is 1. The van der Waals surface area contributed by atoms with Crippen molar-refractivity contribution in [2.75, 3.05) is 0 Å². The van der Waals surface area contributed by atoms with Crippen molar-refractivity contribution in [2.45, 2.75) is 41.0 Å². The lowest BCUT2D eigenvalue weighted by Crippen LogP contribution is -1.73. The number of H-pyrrole nitrogens is 1. The van der Waals surface area contributed by atoms with Crippen LogP contribution in [0.15, 0.2) is 24.4 Å². The van der Waals surface area contributed by atoms with Gasteiger partial charge in [-0.25, -0.2) is 0 Å². The number of benzene rings is 1. The normalized spacial score (nSPS) is 8.60. The Hall–Kier alpha value is -1.31. The summed E-state index contributed by atoms with van der Waals surface area (Å²) >= 11 is 0. The van der Waals surface area contributed by atoms with Crippen LogP contribution < -0.4 is 0 Å². The maximum absolute atomic E-state index is 3.94. The maximum atomic E-state index is 3.94. The SMILES string of the molecule is CC.CCC.Cc1cccc2cn[nH]c12.[HH]. The molecular weight excluding hydrogens is 184 g/mol. The lowest BCUT2D eigenvalue weighted by Gasteiger charge is -1.90. The average Bonchev–Trinajstić information content (AvgIpc) is 2.71. The summed E-state index contributed by atoms with van der Waals surface area (Å²) in [6.45, 7) is 10.3. The molecule has 0 radical (unpaired) electrons. The third kappa shape index (κ3) is 4.15. The van der Waals surface area contributed by atoms with Crippen molar-refractivity contribution in [3.8, 4) is 0 Å². The molecule has 0 unspecified atom stereocenters. The van der Waals surface area contributed by atoms with E-state index in [1.807, 2.05) is 32.2 Å². The lowest BCUT2D eigenvalue weighted by atomic mass is 10.2. The van der Waals surface area contributed by atoms with E-state index < -0.39 is 0 Å². The van der Waals surface area contributed by atoms with E-state index in [0.29, 0.717) is 0 Å². The van der Waals surface area contributed by atoms with Gasteiger partial charge >= 0.3 is 0 Å². The molecule has 0 saturated heterocycles. The van der Waals surface area contributed by atoms with Crippen LogP contribution in [0.4, 0.5) is 0 Å². The second-order valence-corrected chi connectivity index (χ2v) is 3.12. The highest BCUT2D eigenvalue weighted by Gasteiger charge is 1.94. The van der Waals surface area contributed by atoms with Gasteiger partial charge < -0.3 is 0 Å². The van der Waals surface area contributed by atoms with Gasteiger partial charge in [-0.15, -0.1) is 0 Å². The first-order chi connectivity index (χ1) is 7.29. The summed E-state index contributed by atoms with van der Waals surface area (Å²) < 4.78 is 0. The summed E-state index contributed by atoms with van der Waals surface area (Å²) in [4.78, 5) is 0. The third-order valence-electron chi connectivity index (χ3n) is 1.69. The zero-order chi connectivity index (χ0) is 11.7. The van der Waals surface area contributed by atoms with Crippen LogP contribution >= 0.6 is 0 Å². The molecule has 2 rings (SSSR count). The van der Waals surface area contributed by atoms with Crippen LogP contribution in [0.2, 0.25) is 0 Å². The first kappa shape index (κ1) is 13.7. The number of aromatic amines is 1. The fraction of sp³-hybridized carbons (Fsp3) is 0.462. The highest BCUT2D eigenvalue weighted by molar-refractivity contribution is 5.80. The van der Waals surface area contributed by atoms with Crippen LogP contribution in [0.5, 0.6) is 0 Å². The van der Waals surface area contributed by atoms with E-state index in [2.05, 4.69) is 37.0 Å². The van der Waals surface area contributed by atoms with Crippen LogP contribution in [-0.4, -0.2) is 10.2 Å². The molecule has 86 valence electrons. The largest absolute Gasteiger partial charge is 0.278 e. The van der Waals surface area contributed by atoms with Gasteiger partial charge in [0.2, 0.25) is 0 Å². The molecule has 0 fully saturated rings. The zero-order valence-corrected chi connectivity index (χ0v) is 10.5. The van der Waals surface area contributed by atoms with Gasteiger partial charge in [-0.1, -0.05) is 52.3 Å². The Morgan fingerprint density at radius 1 is 1.27 bits per heavy atom. The zero-order valence-electron chi connectivity index (χ0n) is 10.5. The number of para-hydroxylation sites is 1. The predicted molar refractivity (Wildman–Crippen MR) is 70.3 cm³/mol. The number of hydrogen-bond donors (Lipinski definition) is 1. The van der Waals surface area contributed by atoms with Crippen LogP contribution in [-0.2, 0) is 0 Å². The minimum absolute atomic E-state index is 0. The molecule has 1 N–H and O–H groups in total. The molecule has 0 atom stereocenters. The van der Waals surface area contributed by atoms with E-state index in [1.165, 1.54) is 17.4 Å². The third-order valence-corrected chi connectivity index (χ3v) is 1.69. The van der Waals surface area contributed by atoms with Gasteiger partial charge in [0.15, 0.2) is 0 Å². The molecule has 0 aliphatic rings. The van der Waals surface area contributed by atoms with E-state index in [0.717, 1.165) is 5.52 Å². The Labute approximate surface area is 94.2 Å². The molecule has 1 heterocycles. The first-order valence-electron chi connectivity index (χ1n) is 5.68. The van der Waals surface area contributed by atoms with Crippen molar-refractivity contribution < 1.29 is 1.43 Å². The van der Waals surface area contributed by atoms with E-state index in [-0.39, 0.29) is 1.43 Å². The molecule has 2 aromatic rings. The summed E-state index contributed by atoms with van der Waals surface area (Å²) in [6.07, 6.45) is 3.09. The predicted octanol–water partition coefficient (Wildman–Crippen LogP) is 4.56. The molecule has 2 heteroatoms. The van der Waals surface area contributed by atoms with Crippen LogP contribution in [0.3, 0.4) is 0 Å². The van der Waals surface area contributed by atoms with Crippen molar-refractivity contribution in [1.82, 2.24) is 10.2 Å². The van der Waals surface area contributed by atoms with Crippen LogP contribution in [0.25, 0.3) is 10.9 Å². The molecule has 0 bridgehead atoms. The Bertz CT molecular complexity index is 369.